The van der Waals surface area contributed by atoms with E-state index in [9.17, 15) is 4.79 Å². The number of pyridine rings is 1. The fourth-order valence-corrected chi connectivity index (χ4v) is 4.94. The molecule has 0 bridgehead atoms. The maximum Gasteiger partial charge on any atom is 0.251 e. The molecule has 1 aliphatic heterocycles. The Labute approximate surface area is 228 Å². The number of likely N-dealkylation sites (N-methyl/N-ethyl adjacent to an activating group) is 1. The van der Waals surface area contributed by atoms with Crippen LogP contribution in [0, 0.1) is 5.41 Å². The van der Waals surface area contributed by atoms with Crippen molar-refractivity contribution < 1.29 is 9.53 Å². The number of allylic oxidation sites excluding steroid dienone is 2. The van der Waals surface area contributed by atoms with Crippen LogP contribution in [-0.2, 0) is 4.74 Å². The van der Waals surface area contributed by atoms with Gasteiger partial charge < -0.3 is 15.4 Å². The maximum absolute atomic E-state index is 13.3. The molecule has 1 amide bonds. The monoisotopic (exact) mass is 535 g/mol. The number of carbonyl (C=O) groups excluding carboxylic acids is 1. The van der Waals surface area contributed by atoms with Crippen molar-refractivity contribution in [1.82, 2.24) is 29.8 Å². The molecule has 4 heterocycles. The van der Waals surface area contributed by atoms with Crippen molar-refractivity contribution in [3.8, 4) is 11.3 Å². The van der Waals surface area contributed by atoms with Crippen molar-refractivity contribution in [1.29, 1.82) is 0 Å². The summed E-state index contributed by atoms with van der Waals surface area (Å²) in [6, 6.07) is 5.77. The van der Waals surface area contributed by atoms with Gasteiger partial charge in [-0.1, -0.05) is 51.3 Å². The molecule has 9 nitrogen and oxygen atoms in total. The number of ether oxygens (including phenoxy) is 1. The quantitative estimate of drug-likeness (QED) is 0.188. The summed E-state index contributed by atoms with van der Waals surface area (Å²) in [6.45, 7) is 16.8. The van der Waals surface area contributed by atoms with Gasteiger partial charge in [0.05, 0.1) is 30.7 Å². The molecule has 1 atom stereocenters. The Morgan fingerprint density at radius 1 is 1.32 bits per heavy atom. The Balaban J connectivity index is 1.64. The standard InChI is InChI=1S/C28H37N7O2S/c1-6-9-12-38-25-10-11-35-26(33-25)22(16-31-35)23-13-21(27(36)29-15-20(4)34(7-2)8-3)14-24(32-23)30-17-28(5)18-37-19-28/h6,9-14,16,20H,1,7-8,15,17-19H2,2-5H3,(H,29,36)(H,30,32)/b12-9-/t20-/m0/s1. The van der Waals surface area contributed by atoms with E-state index in [1.165, 1.54) is 11.8 Å². The van der Waals surface area contributed by atoms with Crippen LogP contribution in [0.15, 0.2) is 59.8 Å². The van der Waals surface area contributed by atoms with E-state index in [1.807, 2.05) is 35.9 Å². The minimum Gasteiger partial charge on any atom is -0.380 e. The summed E-state index contributed by atoms with van der Waals surface area (Å²) < 4.78 is 7.12. The first-order chi connectivity index (χ1) is 18.4. The van der Waals surface area contributed by atoms with E-state index < -0.39 is 0 Å². The lowest BCUT2D eigenvalue weighted by Gasteiger charge is -2.38. The van der Waals surface area contributed by atoms with Crippen LogP contribution >= 0.6 is 11.8 Å². The van der Waals surface area contributed by atoms with Gasteiger partial charge in [-0.05, 0) is 43.6 Å². The van der Waals surface area contributed by atoms with E-state index in [-0.39, 0.29) is 17.4 Å². The van der Waals surface area contributed by atoms with Crippen LogP contribution < -0.4 is 10.6 Å². The van der Waals surface area contributed by atoms with Crippen LogP contribution in [-0.4, -0.2) is 75.8 Å². The van der Waals surface area contributed by atoms with E-state index in [4.69, 9.17) is 14.7 Å². The Morgan fingerprint density at radius 3 is 2.79 bits per heavy atom. The molecule has 1 aliphatic rings. The van der Waals surface area contributed by atoms with E-state index in [0.717, 1.165) is 23.7 Å². The first-order valence-electron chi connectivity index (χ1n) is 13.0. The Morgan fingerprint density at radius 2 is 2.11 bits per heavy atom. The van der Waals surface area contributed by atoms with Gasteiger partial charge in [-0.25, -0.2) is 14.5 Å². The highest BCUT2D eigenvalue weighted by Gasteiger charge is 2.33. The van der Waals surface area contributed by atoms with Crippen molar-refractivity contribution in [3.05, 3.63) is 60.3 Å². The number of nitrogens with zero attached hydrogens (tertiary/aromatic N) is 5. The number of amides is 1. The maximum atomic E-state index is 13.3. The van der Waals surface area contributed by atoms with Crippen LogP contribution in [0.4, 0.5) is 5.82 Å². The van der Waals surface area contributed by atoms with Crippen LogP contribution in [0.3, 0.4) is 0 Å². The summed E-state index contributed by atoms with van der Waals surface area (Å²) in [5, 5.41) is 13.8. The zero-order valence-electron chi connectivity index (χ0n) is 22.6. The molecule has 3 aromatic heterocycles. The van der Waals surface area contributed by atoms with E-state index in [1.54, 1.807) is 16.8 Å². The van der Waals surface area contributed by atoms with Gasteiger partial charge in [-0.3, -0.25) is 9.69 Å². The van der Waals surface area contributed by atoms with E-state index >= 15 is 0 Å². The third-order valence-electron chi connectivity index (χ3n) is 6.70. The molecular formula is C28H37N7O2S. The van der Waals surface area contributed by atoms with Crippen molar-refractivity contribution in [2.45, 2.75) is 38.8 Å². The lowest BCUT2D eigenvalue weighted by atomic mass is 9.89. The molecular weight excluding hydrogens is 498 g/mol. The van der Waals surface area contributed by atoms with Gasteiger partial charge in [-0.15, -0.1) is 0 Å². The molecule has 0 aliphatic carbocycles. The highest BCUT2D eigenvalue weighted by atomic mass is 32.2. The van der Waals surface area contributed by atoms with Crippen LogP contribution in [0.2, 0.25) is 0 Å². The SMILES string of the molecule is C=C/C=C\Sc1ccn2ncc(-c3cc(C(=O)NC[C@H](C)N(CC)CC)cc(NCC4(C)COC4)n3)c2n1. The second-order valence-corrected chi connectivity index (χ2v) is 10.8. The second-order valence-electron chi connectivity index (χ2n) is 9.84. The number of fused-ring (bicyclic) bond motifs is 1. The molecule has 0 radical (unpaired) electrons. The van der Waals surface area contributed by atoms with E-state index in [0.29, 0.717) is 49.0 Å². The van der Waals surface area contributed by atoms with Gasteiger partial charge in [-0.2, -0.15) is 5.10 Å². The topological polar surface area (TPSA) is 96.7 Å². The Bertz CT molecular complexity index is 1300. The highest BCUT2D eigenvalue weighted by molar-refractivity contribution is 8.02. The van der Waals surface area contributed by atoms with Crippen LogP contribution in [0.5, 0.6) is 0 Å². The summed E-state index contributed by atoms with van der Waals surface area (Å²) >= 11 is 1.50. The third kappa shape index (κ3) is 6.61. The predicted octanol–water partition coefficient (Wildman–Crippen LogP) is 4.49. The largest absolute Gasteiger partial charge is 0.380 e. The van der Waals surface area contributed by atoms with Crippen molar-refractivity contribution in [3.63, 3.8) is 0 Å². The number of hydrogen-bond donors (Lipinski definition) is 2. The average molecular weight is 536 g/mol. The molecule has 202 valence electrons. The van der Waals surface area contributed by atoms with Gasteiger partial charge in [0.2, 0.25) is 0 Å². The number of aromatic nitrogens is 4. The summed E-state index contributed by atoms with van der Waals surface area (Å²) in [7, 11) is 0. The average Bonchev–Trinajstić information content (AvgIpc) is 3.33. The lowest BCUT2D eigenvalue weighted by Crippen LogP contribution is -2.45. The van der Waals surface area contributed by atoms with Crippen molar-refractivity contribution >= 4 is 29.1 Å². The molecule has 1 fully saturated rings. The molecule has 0 spiro atoms. The molecule has 3 aromatic rings. The first kappa shape index (κ1) is 27.8. The third-order valence-corrected chi connectivity index (χ3v) is 7.46. The normalized spacial score (nSPS) is 15.5. The molecule has 38 heavy (non-hydrogen) atoms. The molecule has 0 unspecified atom stereocenters. The minimum absolute atomic E-state index is 0.0519. The molecule has 0 saturated carbocycles. The molecule has 2 N–H and O–H groups in total. The molecule has 1 saturated heterocycles. The highest BCUT2D eigenvalue weighted by Crippen LogP contribution is 2.29. The van der Waals surface area contributed by atoms with Gasteiger partial charge in [0.25, 0.3) is 5.91 Å². The predicted molar refractivity (Wildman–Crippen MR) is 154 cm³/mol. The summed E-state index contributed by atoms with van der Waals surface area (Å²) in [5.74, 6) is 0.500. The number of anilines is 1. The van der Waals surface area contributed by atoms with Crippen molar-refractivity contribution in [2.75, 3.05) is 44.7 Å². The van der Waals surface area contributed by atoms with Gasteiger partial charge in [0, 0.05) is 36.3 Å². The number of nitrogens with one attached hydrogen (secondary N) is 2. The molecule has 10 heteroatoms. The summed E-state index contributed by atoms with van der Waals surface area (Å²) in [6.07, 6.45) is 7.21. The number of rotatable bonds is 13. The molecule has 4 rings (SSSR count). The summed E-state index contributed by atoms with van der Waals surface area (Å²) in [4.78, 5) is 25.3. The zero-order chi connectivity index (χ0) is 27.1. The first-order valence-corrected chi connectivity index (χ1v) is 13.9. The van der Waals surface area contributed by atoms with Crippen LogP contribution in [0.1, 0.15) is 38.1 Å². The number of carbonyl (C=O) groups is 1. The lowest BCUT2D eigenvalue weighted by molar-refractivity contribution is -0.0924. The molecule has 0 aromatic carbocycles. The van der Waals surface area contributed by atoms with Crippen LogP contribution in [0.25, 0.3) is 16.9 Å². The van der Waals surface area contributed by atoms with Gasteiger partial charge in [0.1, 0.15) is 10.8 Å². The summed E-state index contributed by atoms with van der Waals surface area (Å²) in [5.41, 5.74) is 2.66. The van der Waals surface area contributed by atoms with Gasteiger partial charge in [0.15, 0.2) is 5.65 Å². The smallest absolute Gasteiger partial charge is 0.251 e. The second kappa shape index (κ2) is 12.6. The fourth-order valence-electron chi connectivity index (χ4n) is 4.33. The number of thioether (sulfide) groups is 1. The van der Waals surface area contributed by atoms with Gasteiger partial charge >= 0.3 is 0 Å². The zero-order valence-corrected chi connectivity index (χ0v) is 23.4. The minimum atomic E-state index is -0.135. The van der Waals surface area contributed by atoms with Crippen molar-refractivity contribution in [2.24, 2.45) is 5.41 Å². The Hall–Kier alpha value is -3.21. The van der Waals surface area contributed by atoms with E-state index in [2.05, 4.69) is 54.9 Å². The fraction of sp³-hybridized carbons (Fsp3) is 0.429. The number of hydrogen-bond acceptors (Lipinski definition) is 8. The Kier molecular flexibility index (Phi) is 9.19.